The van der Waals surface area contributed by atoms with Crippen molar-refractivity contribution < 1.29 is 9.90 Å². The topological polar surface area (TPSA) is 83.0 Å². The molecule has 20 heavy (non-hydrogen) atoms. The third kappa shape index (κ3) is 3.26. The van der Waals surface area contributed by atoms with Crippen molar-refractivity contribution in [2.24, 2.45) is 0 Å². The Morgan fingerprint density at radius 2 is 2.25 bits per heavy atom. The molecule has 0 aliphatic heterocycles. The van der Waals surface area contributed by atoms with Crippen LogP contribution < -0.4 is 5.56 Å². The molecule has 1 aromatic heterocycles. The predicted octanol–water partition coefficient (Wildman–Crippen LogP) is 2.60. The van der Waals surface area contributed by atoms with E-state index in [1.54, 1.807) is 24.3 Å². The van der Waals surface area contributed by atoms with Gasteiger partial charge < -0.3 is 10.1 Å². The molecule has 2 aromatic rings. The highest BCUT2D eigenvalue weighted by atomic mass is 79.9. The summed E-state index contributed by atoms with van der Waals surface area (Å²) in [6.45, 7) is 0. The molecule has 104 valence electrons. The quantitative estimate of drug-likeness (QED) is 0.881. The van der Waals surface area contributed by atoms with Crippen molar-refractivity contribution in [3.05, 3.63) is 61.7 Å². The smallest absolute Gasteiger partial charge is 0.312 e. The van der Waals surface area contributed by atoms with Gasteiger partial charge in [-0.15, -0.1) is 0 Å². The van der Waals surface area contributed by atoms with Crippen LogP contribution in [0.4, 0.5) is 0 Å². The first-order valence-electron chi connectivity index (χ1n) is 5.69. The number of nitrogens with one attached hydrogen (secondary N) is 1. The lowest BCUT2D eigenvalue weighted by Gasteiger charge is -2.13. The van der Waals surface area contributed by atoms with E-state index < -0.39 is 17.4 Å². The van der Waals surface area contributed by atoms with Gasteiger partial charge in [0.2, 0.25) is 0 Å². The Morgan fingerprint density at radius 3 is 2.90 bits per heavy atom. The number of carbonyl (C=O) groups is 1. The third-order valence-corrected chi connectivity index (χ3v) is 3.78. The Kier molecular flexibility index (Phi) is 4.57. The largest absolute Gasteiger partial charge is 0.481 e. The normalized spacial score (nSPS) is 12.1. The first kappa shape index (κ1) is 14.7. The molecule has 1 heterocycles. The Morgan fingerprint density at radius 1 is 1.50 bits per heavy atom. The van der Waals surface area contributed by atoms with Gasteiger partial charge in [-0.05, 0) is 40.0 Å². The fraction of sp³-hybridized carbons (Fsp3) is 0.154. The van der Waals surface area contributed by atoms with Crippen molar-refractivity contribution in [3.8, 4) is 0 Å². The zero-order chi connectivity index (χ0) is 14.7. The molecule has 1 aromatic carbocycles. The van der Waals surface area contributed by atoms with Crippen molar-refractivity contribution >= 4 is 33.5 Å². The van der Waals surface area contributed by atoms with Crippen molar-refractivity contribution in [1.82, 2.24) is 9.97 Å². The summed E-state index contributed by atoms with van der Waals surface area (Å²) in [4.78, 5) is 29.3. The standard InChI is InChI=1S/C13H10BrClN2O3/c14-10-11(16-6-17-12(10)18)9(13(19)20)5-7-2-1-3-8(15)4-7/h1-4,6,9H,5H2,(H,19,20)(H,16,17,18). The van der Waals surface area contributed by atoms with Gasteiger partial charge in [-0.3, -0.25) is 9.59 Å². The summed E-state index contributed by atoms with van der Waals surface area (Å²) < 4.78 is 0.134. The molecule has 1 atom stereocenters. The molecule has 0 saturated heterocycles. The van der Waals surface area contributed by atoms with E-state index in [0.29, 0.717) is 5.02 Å². The first-order valence-corrected chi connectivity index (χ1v) is 6.86. The lowest BCUT2D eigenvalue weighted by atomic mass is 9.96. The van der Waals surface area contributed by atoms with E-state index in [9.17, 15) is 14.7 Å². The second-order valence-corrected chi connectivity index (χ2v) is 5.39. The molecule has 5 nitrogen and oxygen atoms in total. The molecule has 1 unspecified atom stereocenters. The van der Waals surface area contributed by atoms with Crippen molar-refractivity contribution in [3.63, 3.8) is 0 Å². The SMILES string of the molecule is O=C(O)C(Cc1cccc(Cl)c1)c1nc[nH]c(=O)c1Br. The number of halogens is 2. The number of aromatic amines is 1. The summed E-state index contributed by atoms with van der Waals surface area (Å²) in [5.41, 5.74) is 0.549. The van der Waals surface area contributed by atoms with Crippen molar-refractivity contribution in [2.75, 3.05) is 0 Å². The van der Waals surface area contributed by atoms with Crippen LogP contribution in [0.15, 0.2) is 39.9 Å². The number of benzene rings is 1. The molecule has 7 heteroatoms. The number of aromatic nitrogens is 2. The predicted molar refractivity (Wildman–Crippen MR) is 78.1 cm³/mol. The minimum atomic E-state index is -1.05. The minimum Gasteiger partial charge on any atom is -0.481 e. The number of hydrogen-bond acceptors (Lipinski definition) is 3. The molecule has 0 saturated carbocycles. The van der Waals surface area contributed by atoms with Crippen LogP contribution >= 0.6 is 27.5 Å². The summed E-state index contributed by atoms with van der Waals surface area (Å²) in [5, 5.41) is 9.90. The van der Waals surface area contributed by atoms with Crippen LogP contribution in [0.2, 0.25) is 5.02 Å². The number of rotatable bonds is 4. The highest BCUT2D eigenvalue weighted by molar-refractivity contribution is 9.10. The maximum atomic E-state index is 11.5. The number of aliphatic carboxylic acids is 1. The van der Waals surface area contributed by atoms with Crippen LogP contribution in [0.3, 0.4) is 0 Å². The number of hydrogen-bond donors (Lipinski definition) is 2. The highest BCUT2D eigenvalue weighted by Gasteiger charge is 2.25. The molecule has 0 aliphatic carbocycles. The maximum Gasteiger partial charge on any atom is 0.312 e. The van der Waals surface area contributed by atoms with E-state index in [4.69, 9.17) is 11.6 Å². The Hall–Kier alpha value is -1.66. The summed E-state index contributed by atoms with van der Waals surface area (Å²) >= 11 is 8.96. The zero-order valence-corrected chi connectivity index (χ0v) is 12.5. The molecule has 0 bridgehead atoms. The molecular formula is C13H10BrClN2O3. The van der Waals surface area contributed by atoms with E-state index in [1.165, 1.54) is 6.33 Å². The molecule has 2 rings (SSSR count). The fourth-order valence-corrected chi connectivity index (χ4v) is 2.55. The van der Waals surface area contributed by atoms with Gasteiger partial charge in [0.1, 0.15) is 10.4 Å². The molecular weight excluding hydrogens is 348 g/mol. The van der Waals surface area contributed by atoms with Crippen LogP contribution in [0.5, 0.6) is 0 Å². The van der Waals surface area contributed by atoms with E-state index in [-0.39, 0.29) is 16.6 Å². The monoisotopic (exact) mass is 356 g/mol. The average Bonchev–Trinajstić information content (AvgIpc) is 2.39. The lowest BCUT2D eigenvalue weighted by molar-refractivity contribution is -0.138. The van der Waals surface area contributed by atoms with E-state index in [2.05, 4.69) is 25.9 Å². The van der Waals surface area contributed by atoms with Gasteiger partial charge in [-0.25, -0.2) is 4.98 Å². The van der Waals surface area contributed by atoms with Gasteiger partial charge in [0.05, 0.1) is 12.0 Å². The third-order valence-electron chi connectivity index (χ3n) is 2.78. The van der Waals surface area contributed by atoms with Gasteiger partial charge in [-0.2, -0.15) is 0 Å². The van der Waals surface area contributed by atoms with Gasteiger partial charge in [0, 0.05) is 5.02 Å². The summed E-state index contributed by atoms with van der Waals surface area (Å²) in [7, 11) is 0. The van der Waals surface area contributed by atoms with Crippen molar-refractivity contribution in [2.45, 2.75) is 12.3 Å². The Bertz CT molecular complexity index is 702. The first-order chi connectivity index (χ1) is 9.49. The second-order valence-electron chi connectivity index (χ2n) is 4.16. The van der Waals surface area contributed by atoms with Gasteiger partial charge in [0.25, 0.3) is 5.56 Å². The zero-order valence-electron chi connectivity index (χ0n) is 10.1. The van der Waals surface area contributed by atoms with E-state index >= 15 is 0 Å². The van der Waals surface area contributed by atoms with Crippen LogP contribution in [0.25, 0.3) is 0 Å². The molecule has 0 spiro atoms. The number of carboxylic acid groups (broad SMARTS) is 1. The van der Waals surface area contributed by atoms with Gasteiger partial charge in [0.15, 0.2) is 0 Å². The van der Waals surface area contributed by atoms with E-state index in [0.717, 1.165) is 5.56 Å². The molecule has 0 aliphatic rings. The Labute approximate surface area is 127 Å². The van der Waals surface area contributed by atoms with Gasteiger partial charge >= 0.3 is 5.97 Å². The van der Waals surface area contributed by atoms with Gasteiger partial charge in [-0.1, -0.05) is 23.7 Å². The number of carboxylic acids is 1. The molecule has 0 amide bonds. The number of H-pyrrole nitrogens is 1. The summed E-state index contributed by atoms with van der Waals surface area (Å²) in [5.74, 6) is -1.98. The molecule has 0 fully saturated rings. The lowest BCUT2D eigenvalue weighted by Crippen LogP contribution is -2.20. The van der Waals surface area contributed by atoms with Crippen LogP contribution in [-0.2, 0) is 11.2 Å². The maximum absolute atomic E-state index is 11.5. The fourth-order valence-electron chi connectivity index (χ4n) is 1.84. The number of nitrogens with zero attached hydrogens (tertiary/aromatic N) is 1. The van der Waals surface area contributed by atoms with E-state index in [1.807, 2.05) is 0 Å². The van der Waals surface area contributed by atoms with Crippen molar-refractivity contribution in [1.29, 1.82) is 0 Å². The summed E-state index contributed by atoms with van der Waals surface area (Å²) in [6.07, 6.45) is 1.39. The van der Waals surface area contributed by atoms with Crippen LogP contribution in [-0.4, -0.2) is 21.0 Å². The Balaban J connectivity index is 2.40. The summed E-state index contributed by atoms with van der Waals surface area (Å²) in [6, 6.07) is 6.93. The van der Waals surface area contributed by atoms with Crippen LogP contribution in [0, 0.1) is 0 Å². The second kappa shape index (κ2) is 6.19. The molecule has 2 N–H and O–H groups in total. The molecule has 0 radical (unpaired) electrons. The highest BCUT2D eigenvalue weighted by Crippen LogP contribution is 2.25. The average molecular weight is 358 g/mol. The van der Waals surface area contributed by atoms with Crippen LogP contribution in [0.1, 0.15) is 17.2 Å². The minimum absolute atomic E-state index is 0.134.